The molecule has 0 aliphatic carbocycles. The molecule has 0 amide bonds. The summed E-state index contributed by atoms with van der Waals surface area (Å²) in [5, 5.41) is 1.35. The number of rotatable bonds is 5. The number of aryl methyl sites for hydroxylation is 2. The number of para-hydroxylation sites is 2. The molecule has 0 saturated heterocycles. The lowest BCUT2D eigenvalue weighted by Crippen LogP contribution is -2.09. The smallest absolute Gasteiger partial charge is 0.147 e. The first-order valence-electron chi connectivity index (χ1n) is 17.5. The van der Waals surface area contributed by atoms with E-state index in [2.05, 4.69) is 74.7 Å². The average Bonchev–Trinajstić information content (AvgIpc) is 3.61. The second-order valence-corrected chi connectivity index (χ2v) is 12.7. The molecule has 2 aromatic heterocycles. The van der Waals surface area contributed by atoms with Crippen LogP contribution in [0.4, 0.5) is 0 Å². The van der Waals surface area contributed by atoms with E-state index in [9.17, 15) is 0 Å². The highest BCUT2D eigenvalue weighted by molar-refractivity contribution is 7.26. The van der Waals surface area contributed by atoms with E-state index in [4.69, 9.17) is 13.2 Å². The fraction of sp³-hybridized carbons (Fsp3) is 0.205. The lowest BCUT2D eigenvalue weighted by atomic mass is 9.88. The van der Waals surface area contributed by atoms with Gasteiger partial charge < -0.3 is 0 Å². The Morgan fingerprint density at radius 1 is 0.738 bits per heavy atom. The number of hydrogen-bond donors (Lipinski definition) is 0. The summed E-state index contributed by atoms with van der Waals surface area (Å²) < 4.78 is 53.0. The molecular weight excluding hydrogens is 529 g/mol. The van der Waals surface area contributed by atoms with E-state index >= 15 is 0 Å². The Kier molecular flexibility index (Phi) is 5.04. The number of thiophene rings is 1. The second kappa shape index (κ2) is 10.3. The van der Waals surface area contributed by atoms with Gasteiger partial charge in [0.25, 0.3) is 0 Å². The van der Waals surface area contributed by atoms with Crippen molar-refractivity contribution in [2.75, 3.05) is 0 Å². The Morgan fingerprint density at radius 2 is 1.48 bits per heavy atom. The van der Waals surface area contributed by atoms with Crippen LogP contribution >= 0.6 is 11.3 Å². The Labute approximate surface area is 260 Å². The molecule has 0 saturated carbocycles. The van der Waals surface area contributed by atoms with E-state index in [1.165, 1.54) is 22.5 Å². The molecule has 5 aromatic carbocycles. The van der Waals surface area contributed by atoms with E-state index in [1.807, 2.05) is 30.3 Å². The van der Waals surface area contributed by atoms with Crippen LogP contribution in [0.25, 0.3) is 59.4 Å². The highest BCUT2D eigenvalue weighted by Crippen LogP contribution is 2.45. The summed E-state index contributed by atoms with van der Waals surface area (Å²) in [6, 6.07) is 31.7. The maximum atomic E-state index is 8.42. The van der Waals surface area contributed by atoms with Crippen molar-refractivity contribution in [2.45, 2.75) is 53.2 Å². The molecule has 0 aliphatic heterocycles. The first-order valence-corrected chi connectivity index (χ1v) is 15.3. The van der Waals surface area contributed by atoms with Gasteiger partial charge >= 0.3 is 0 Å². The minimum Gasteiger partial charge on any atom is -0.292 e. The van der Waals surface area contributed by atoms with Crippen molar-refractivity contribution in [1.82, 2.24) is 9.55 Å². The van der Waals surface area contributed by atoms with Gasteiger partial charge in [0.05, 0.1) is 16.7 Å². The summed E-state index contributed by atoms with van der Waals surface area (Å²) in [6.07, 6.45) is 0. The van der Waals surface area contributed by atoms with E-state index in [1.54, 1.807) is 24.3 Å². The molecule has 0 aliphatic rings. The van der Waals surface area contributed by atoms with Crippen molar-refractivity contribution < 1.29 is 8.22 Å². The predicted molar refractivity (Wildman–Crippen MR) is 182 cm³/mol. The maximum absolute atomic E-state index is 8.42. The van der Waals surface area contributed by atoms with Gasteiger partial charge in [-0.25, -0.2) is 4.98 Å². The van der Waals surface area contributed by atoms with Crippen LogP contribution in [0.15, 0.2) is 97.1 Å². The Balaban J connectivity index is 1.60. The maximum Gasteiger partial charge on any atom is 0.147 e. The van der Waals surface area contributed by atoms with Gasteiger partial charge in [-0.05, 0) is 95.3 Å². The number of fused-ring (bicyclic) bond motifs is 4. The third kappa shape index (κ3) is 4.26. The van der Waals surface area contributed by atoms with Crippen molar-refractivity contribution in [1.29, 1.82) is 0 Å². The van der Waals surface area contributed by atoms with Gasteiger partial charge in [-0.2, -0.15) is 0 Å². The second-order valence-electron chi connectivity index (χ2n) is 11.6. The SMILES string of the molecule is [2H]C([2H])([2H])c1ccc2c(c1)sc1c(-c3nc4ccccc4n3-c3c(C(C)C)cc(-c4ccccc4)cc3C(C)C)ccc(C([2H])([2H])[2H])c12. The molecule has 3 heteroatoms. The van der Waals surface area contributed by atoms with Crippen LogP contribution in [-0.4, -0.2) is 9.55 Å². The highest BCUT2D eigenvalue weighted by Gasteiger charge is 2.25. The minimum atomic E-state index is -2.36. The standard InChI is InChI=1S/C39H36N2S/c1-23(2)31-21-28(27-12-8-7-9-13-27)22-32(24(3)4)37(31)41-34-15-11-10-14-33(34)40-39(41)30-19-17-26(6)36-29-18-16-25(5)20-35(29)42-38(30)36/h7-24H,1-6H3/i5D3,6D3. The fourth-order valence-electron chi connectivity index (χ4n) is 6.10. The van der Waals surface area contributed by atoms with Gasteiger partial charge in [0.2, 0.25) is 0 Å². The highest BCUT2D eigenvalue weighted by atomic mass is 32.1. The third-order valence-electron chi connectivity index (χ3n) is 8.17. The van der Waals surface area contributed by atoms with Gasteiger partial charge in [0.15, 0.2) is 0 Å². The van der Waals surface area contributed by atoms with E-state index in [-0.39, 0.29) is 23.0 Å². The van der Waals surface area contributed by atoms with Crippen LogP contribution in [0, 0.1) is 13.7 Å². The van der Waals surface area contributed by atoms with Crippen LogP contribution in [0.2, 0.25) is 0 Å². The molecule has 0 bridgehead atoms. The lowest BCUT2D eigenvalue weighted by Gasteiger charge is -2.24. The van der Waals surface area contributed by atoms with Gasteiger partial charge in [-0.3, -0.25) is 4.57 Å². The lowest BCUT2D eigenvalue weighted by molar-refractivity contribution is 0.812. The number of benzene rings is 5. The van der Waals surface area contributed by atoms with Gasteiger partial charge in [-0.1, -0.05) is 88.4 Å². The number of imidazole rings is 1. The molecule has 0 radical (unpaired) electrons. The van der Waals surface area contributed by atoms with Gasteiger partial charge in [0.1, 0.15) is 5.82 Å². The molecule has 0 N–H and O–H groups in total. The van der Waals surface area contributed by atoms with Gasteiger partial charge in [0, 0.05) is 34.0 Å². The first-order chi connectivity index (χ1) is 22.7. The first kappa shape index (κ1) is 20.6. The Hall–Kier alpha value is -4.21. The Bertz CT molecular complexity index is 2300. The molecule has 7 rings (SSSR count). The van der Waals surface area contributed by atoms with Crippen molar-refractivity contribution >= 4 is 42.5 Å². The zero-order chi connectivity index (χ0) is 34.1. The average molecular weight is 571 g/mol. The number of nitrogens with zero attached hydrogens (tertiary/aromatic N) is 2. The molecule has 0 spiro atoms. The zero-order valence-corrected chi connectivity index (χ0v) is 25.0. The van der Waals surface area contributed by atoms with E-state index in [0.717, 1.165) is 54.0 Å². The topological polar surface area (TPSA) is 17.8 Å². The molecule has 2 heterocycles. The molecule has 0 atom stereocenters. The zero-order valence-electron chi connectivity index (χ0n) is 30.2. The third-order valence-corrected chi connectivity index (χ3v) is 9.35. The molecule has 2 nitrogen and oxygen atoms in total. The van der Waals surface area contributed by atoms with Crippen LogP contribution in [0.5, 0.6) is 0 Å². The Morgan fingerprint density at radius 3 is 2.19 bits per heavy atom. The summed E-state index contributed by atoms with van der Waals surface area (Å²) in [7, 11) is 0. The summed E-state index contributed by atoms with van der Waals surface area (Å²) in [5.74, 6) is 1.10. The largest absolute Gasteiger partial charge is 0.292 e. The number of aromatic nitrogens is 2. The molecule has 208 valence electrons. The minimum absolute atomic E-state index is 0.191. The van der Waals surface area contributed by atoms with Crippen LogP contribution in [0.3, 0.4) is 0 Å². The quantitative estimate of drug-likeness (QED) is 0.201. The van der Waals surface area contributed by atoms with Crippen LogP contribution in [0.1, 0.15) is 70.0 Å². The number of hydrogen-bond acceptors (Lipinski definition) is 2. The molecule has 42 heavy (non-hydrogen) atoms. The van der Waals surface area contributed by atoms with E-state index in [0.29, 0.717) is 5.39 Å². The predicted octanol–water partition coefficient (Wildman–Crippen LogP) is 11.6. The summed E-state index contributed by atoms with van der Waals surface area (Å²) in [6.45, 7) is 4.22. The molecular formula is C39H36N2S. The van der Waals surface area contributed by atoms with Crippen LogP contribution in [-0.2, 0) is 0 Å². The van der Waals surface area contributed by atoms with Crippen LogP contribution < -0.4 is 0 Å². The molecule has 0 unspecified atom stereocenters. The fourth-order valence-corrected chi connectivity index (χ4v) is 7.38. The summed E-state index contributed by atoms with van der Waals surface area (Å²) >= 11 is 1.42. The monoisotopic (exact) mass is 570 g/mol. The van der Waals surface area contributed by atoms with Crippen molar-refractivity contribution in [2.24, 2.45) is 0 Å². The molecule has 0 fully saturated rings. The van der Waals surface area contributed by atoms with E-state index < -0.39 is 13.7 Å². The van der Waals surface area contributed by atoms with Crippen molar-refractivity contribution in [3.05, 3.63) is 119 Å². The molecule has 7 aromatic rings. The van der Waals surface area contributed by atoms with Gasteiger partial charge in [-0.15, -0.1) is 11.3 Å². The van der Waals surface area contributed by atoms with Crippen molar-refractivity contribution in [3.63, 3.8) is 0 Å². The summed E-state index contributed by atoms with van der Waals surface area (Å²) in [4.78, 5) is 5.25. The normalized spacial score (nSPS) is 14.7. The summed E-state index contributed by atoms with van der Waals surface area (Å²) in [5.41, 5.74) is 8.87. The van der Waals surface area contributed by atoms with Crippen molar-refractivity contribution in [3.8, 4) is 28.2 Å².